The second-order valence-corrected chi connectivity index (χ2v) is 6.28. The zero-order valence-corrected chi connectivity index (χ0v) is 13.2. The van der Waals surface area contributed by atoms with Crippen LogP contribution in [0.4, 0.5) is 0 Å². The summed E-state index contributed by atoms with van der Waals surface area (Å²) in [6, 6.07) is 5.01. The largest absolute Gasteiger partial charge is 0.468 e. The summed E-state index contributed by atoms with van der Waals surface area (Å²) in [4.78, 5) is 2.47. The molecule has 1 saturated carbocycles. The van der Waals surface area contributed by atoms with Crippen LogP contribution >= 0.6 is 0 Å². The third-order valence-corrected chi connectivity index (χ3v) is 5.12. The van der Waals surface area contributed by atoms with Gasteiger partial charge < -0.3 is 10.2 Å². The molecule has 2 N–H and O–H groups in total. The fourth-order valence-electron chi connectivity index (χ4n) is 3.58. The summed E-state index contributed by atoms with van der Waals surface area (Å²) in [5, 5.41) is 0. The summed E-state index contributed by atoms with van der Waals surface area (Å²) >= 11 is 0. The molecule has 0 spiro atoms. The van der Waals surface area contributed by atoms with Crippen molar-refractivity contribution in [3.8, 4) is 0 Å². The van der Waals surface area contributed by atoms with Gasteiger partial charge in [0.2, 0.25) is 0 Å². The van der Waals surface area contributed by atoms with Crippen molar-refractivity contribution in [1.82, 2.24) is 4.90 Å². The Morgan fingerprint density at radius 2 is 2.00 bits per heavy atom. The predicted molar refractivity (Wildman–Crippen MR) is 83.5 cm³/mol. The van der Waals surface area contributed by atoms with Gasteiger partial charge in [-0.05, 0) is 57.2 Å². The SMILES string of the molecule is CCC1CCC(N(C)C(c2ccco2)C(N)CC)CC1. The zero-order valence-electron chi connectivity index (χ0n) is 13.2. The molecule has 0 radical (unpaired) electrons. The number of nitrogens with zero attached hydrogens (tertiary/aromatic N) is 1. The molecule has 3 nitrogen and oxygen atoms in total. The molecule has 0 aliphatic heterocycles. The van der Waals surface area contributed by atoms with Crippen LogP contribution in [0.25, 0.3) is 0 Å². The van der Waals surface area contributed by atoms with Crippen LogP contribution in [0.3, 0.4) is 0 Å². The molecule has 1 heterocycles. The Morgan fingerprint density at radius 3 is 2.50 bits per heavy atom. The molecule has 1 fully saturated rings. The van der Waals surface area contributed by atoms with Gasteiger partial charge in [0, 0.05) is 12.1 Å². The molecule has 0 saturated heterocycles. The number of hydrogen-bond acceptors (Lipinski definition) is 3. The van der Waals surface area contributed by atoms with Crippen molar-refractivity contribution < 1.29 is 4.42 Å². The van der Waals surface area contributed by atoms with E-state index in [2.05, 4.69) is 31.9 Å². The second-order valence-electron chi connectivity index (χ2n) is 6.28. The first-order valence-electron chi connectivity index (χ1n) is 8.18. The third kappa shape index (κ3) is 3.44. The molecule has 2 atom stereocenters. The van der Waals surface area contributed by atoms with E-state index in [-0.39, 0.29) is 12.1 Å². The minimum absolute atomic E-state index is 0.134. The maximum Gasteiger partial charge on any atom is 0.122 e. The highest BCUT2D eigenvalue weighted by Gasteiger charge is 2.32. The summed E-state index contributed by atoms with van der Waals surface area (Å²) in [6.45, 7) is 4.47. The van der Waals surface area contributed by atoms with Crippen molar-refractivity contribution in [3.05, 3.63) is 24.2 Å². The number of hydrogen-bond donors (Lipinski definition) is 1. The average molecular weight is 278 g/mol. The van der Waals surface area contributed by atoms with Gasteiger partial charge >= 0.3 is 0 Å². The van der Waals surface area contributed by atoms with Crippen molar-refractivity contribution >= 4 is 0 Å². The minimum atomic E-state index is 0.134. The molecule has 0 aromatic carbocycles. The zero-order chi connectivity index (χ0) is 14.5. The van der Waals surface area contributed by atoms with Crippen molar-refractivity contribution in [3.63, 3.8) is 0 Å². The van der Waals surface area contributed by atoms with Gasteiger partial charge in [-0.1, -0.05) is 20.3 Å². The molecule has 2 unspecified atom stereocenters. The molecule has 1 aliphatic rings. The van der Waals surface area contributed by atoms with Crippen LogP contribution in [0, 0.1) is 5.92 Å². The molecule has 2 rings (SSSR count). The minimum Gasteiger partial charge on any atom is -0.468 e. The molecule has 1 aliphatic carbocycles. The van der Waals surface area contributed by atoms with Crippen LogP contribution in [-0.2, 0) is 0 Å². The van der Waals surface area contributed by atoms with E-state index in [1.54, 1.807) is 6.26 Å². The number of rotatable bonds is 6. The van der Waals surface area contributed by atoms with E-state index in [9.17, 15) is 0 Å². The lowest BCUT2D eigenvalue weighted by Gasteiger charge is -2.40. The fourth-order valence-corrected chi connectivity index (χ4v) is 3.58. The van der Waals surface area contributed by atoms with Gasteiger partial charge in [-0.25, -0.2) is 0 Å². The van der Waals surface area contributed by atoms with E-state index in [1.807, 2.05) is 6.07 Å². The summed E-state index contributed by atoms with van der Waals surface area (Å²) < 4.78 is 5.65. The number of likely N-dealkylation sites (N-methyl/N-ethyl adjacent to an activating group) is 1. The molecule has 1 aromatic heterocycles. The van der Waals surface area contributed by atoms with Crippen LogP contribution in [0.15, 0.2) is 22.8 Å². The quantitative estimate of drug-likeness (QED) is 0.856. The highest BCUT2D eigenvalue weighted by Crippen LogP contribution is 2.34. The Kier molecular flexibility index (Phi) is 5.67. The molecular formula is C17H30N2O. The third-order valence-electron chi connectivity index (χ3n) is 5.12. The topological polar surface area (TPSA) is 42.4 Å². The second kappa shape index (κ2) is 7.28. The van der Waals surface area contributed by atoms with Gasteiger partial charge in [0.25, 0.3) is 0 Å². The highest BCUT2D eigenvalue weighted by molar-refractivity contribution is 5.08. The maximum absolute atomic E-state index is 6.37. The number of furan rings is 1. The summed E-state index contributed by atoms with van der Waals surface area (Å²) in [5.74, 6) is 1.95. The van der Waals surface area contributed by atoms with Gasteiger partial charge in [-0.15, -0.1) is 0 Å². The van der Waals surface area contributed by atoms with Gasteiger partial charge in [0.15, 0.2) is 0 Å². The first kappa shape index (κ1) is 15.6. The van der Waals surface area contributed by atoms with Crippen LogP contribution in [-0.4, -0.2) is 24.0 Å². The van der Waals surface area contributed by atoms with Crippen LogP contribution in [0.1, 0.15) is 64.2 Å². The molecule has 1 aromatic rings. The van der Waals surface area contributed by atoms with Crippen molar-refractivity contribution in [2.24, 2.45) is 11.7 Å². The van der Waals surface area contributed by atoms with E-state index in [4.69, 9.17) is 10.2 Å². The molecule has 0 bridgehead atoms. The van der Waals surface area contributed by atoms with Gasteiger partial charge in [-0.2, -0.15) is 0 Å². The number of nitrogens with two attached hydrogens (primary N) is 1. The van der Waals surface area contributed by atoms with Gasteiger partial charge in [-0.3, -0.25) is 4.90 Å². The summed E-state index contributed by atoms with van der Waals surface area (Å²) in [5.41, 5.74) is 6.37. The molecule has 3 heteroatoms. The lowest BCUT2D eigenvalue weighted by Crippen LogP contribution is -2.45. The van der Waals surface area contributed by atoms with E-state index in [1.165, 1.54) is 32.1 Å². The maximum atomic E-state index is 6.37. The van der Waals surface area contributed by atoms with Crippen LogP contribution in [0.5, 0.6) is 0 Å². The van der Waals surface area contributed by atoms with Crippen molar-refractivity contribution in [2.75, 3.05) is 7.05 Å². The Bertz CT molecular complexity index is 368. The molecule has 0 amide bonds. The monoisotopic (exact) mass is 278 g/mol. The Balaban J connectivity index is 2.05. The van der Waals surface area contributed by atoms with Gasteiger partial charge in [0.05, 0.1) is 12.3 Å². The predicted octanol–water partition coefficient (Wildman–Crippen LogP) is 3.96. The Hall–Kier alpha value is -0.800. The molecule has 114 valence electrons. The fraction of sp³-hybridized carbons (Fsp3) is 0.765. The Labute approximate surface area is 123 Å². The van der Waals surface area contributed by atoms with E-state index in [0.29, 0.717) is 6.04 Å². The van der Waals surface area contributed by atoms with Crippen molar-refractivity contribution in [1.29, 1.82) is 0 Å². The standard InChI is InChI=1S/C17H30N2O/c1-4-13-8-10-14(11-9-13)19(3)17(15(18)5-2)16-7-6-12-20-16/h6-7,12-15,17H,4-5,8-11,18H2,1-3H3. The summed E-state index contributed by atoms with van der Waals surface area (Å²) in [7, 11) is 2.22. The molecule has 20 heavy (non-hydrogen) atoms. The van der Waals surface area contributed by atoms with Crippen LogP contribution in [0.2, 0.25) is 0 Å². The lowest BCUT2D eigenvalue weighted by molar-refractivity contribution is 0.0909. The first-order chi connectivity index (χ1) is 9.67. The van der Waals surface area contributed by atoms with Crippen molar-refractivity contribution in [2.45, 2.75) is 70.5 Å². The van der Waals surface area contributed by atoms with E-state index < -0.39 is 0 Å². The van der Waals surface area contributed by atoms with Crippen LogP contribution < -0.4 is 5.73 Å². The molecular weight excluding hydrogens is 248 g/mol. The van der Waals surface area contributed by atoms with E-state index in [0.717, 1.165) is 18.1 Å². The van der Waals surface area contributed by atoms with E-state index >= 15 is 0 Å². The average Bonchev–Trinajstić information content (AvgIpc) is 3.01. The first-order valence-corrected chi connectivity index (χ1v) is 8.18. The Morgan fingerprint density at radius 1 is 1.30 bits per heavy atom. The summed E-state index contributed by atoms with van der Waals surface area (Å²) in [6.07, 6.45) is 9.36. The highest BCUT2D eigenvalue weighted by atomic mass is 16.3. The van der Waals surface area contributed by atoms with Gasteiger partial charge in [0.1, 0.15) is 5.76 Å². The lowest BCUT2D eigenvalue weighted by atomic mass is 9.83. The normalized spacial score (nSPS) is 26.6. The smallest absolute Gasteiger partial charge is 0.122 e.